The SMILES string of the molecule is Cn1c(CCCN2CCC(c3cc(Cl)cc(Cl)c3)CC2)cnc1-c1cc(C(=O)O)ccn1. The van der Waals surface area contributed by atoms with Crippen LogP contribution in [0.4, 0.5) is 0 Å². The van der Waals surface area contributed by atoms with Gasteiger partial charge in [-0.05, 0) is 87.1 Å². The van der Waals surface area contributed by atoms with E-state index in [1.54, 1.807) is 12.1 Å². The molecular weight excluding hydrogens is 447 g/mol. The molecule has 3 heterocycles. The average molecular weight is 473 g/mol. The van der Waals surface area contributed by atoms with Crippen molar-refractivity contribution in [3.8, 4) is 11.5 Å². The number of carboxylic acid groups (broad SMARTS) is 1. The van der Waals surface area contributed by atoms with Crippen LogP contribution in [-0.4, -0.2) is 50.1 Å². The highest BCUT2D eigenvalue weighted by atomic mass is 35.5. The molecule has 1 saturated heterocycles. The first kappa shape index (κ1) is 22.8. The van der Waals surface area contributed by atoms with Crippen LogP contribution in [0.2, 0.25) is 10.0 Å². The van der Waals surface area contributed by atoms with E-state index in [1.165, 1.54) is 17.8 Å². The molecule has 1 fully saturated rings. The van der Waals surface area contributed by atoms with Gasteiger partial charge in [-0.25, -0.2) is 9.78 Å². The zero-order valence-corrected chi connectivity index (χ0v) is 19.5. The molecule has 1 N–H and O–H groups in total. The van der Waals surface area contributed by atoms with Crippen molar-refractivity contribution in [2.75, 3.05) is 19.6 Å². The Balaban J connectivity index is 1.29. The van der Waals surface area contributed by atoms with Crippen molar-refractivity contribution >= 4 is 29.2 Å². The number of hydrogen-bond acceptors (Lipinski definition) is 4. The Labute approximate surface area is 197 Å². The molecule has 0 aliphatic carbocycles. The lowest BCUT2D eigenvalue weighted by Gasteiger charge is -2.32. The Kier molecular flexibility index (Phi) is 7.13. The average Bonchev–Trinajstić information content (AvgIpc) is 3.14. The minimum absolute atomic E-state index is 0.211. The minimum Gasteiger partial charge on any atom is -0.478 e. The minimum atomic E-state index is -0.967. The molecule has 0 atom stereocenters. The molecule has 0 unspecified atom stereocenters. The summed E-state index contributed by atoms with van der Waals surface area (Å²) in [4.78, 5) is 22.5. The third-order valence-electron chi connectivity index (χ3n) is 6.17. The molecule has 0 spiro atoms. The molecule has 32 heavy (non-hydrogen) atoms. The van der Waals surface area contributed by atoms with Gasteiger partial charge in [-0.3, -0.25) is 4.98 Å². The number of nitrogens with zero attached hydrogens (tertiary/aromatic N) is 4. The molecule has 8 heteroatoms. The number of aromatic carboxylic acids is 1. The van der Waals surface area contributed by atoms with Gasteiger partial charge in [0.25, 0.3) is 0 Å². The second-order valence-electron chi connectivity index (χ2n) is 8.29. The smallest absolute Gasteiger partial charge is 0.335 e. The monoisotopic (exact) mass is 472 g/mol. The summed E-state index contributed by atoms with van der Waals surface area (Å²) in [6, 6.07) is 8.90. The maximum atomic E-state index is 11.2. The summed E-state index contributed by atoms with van der Waals surface area (Å²) in [5.74, 6) is 0.227. The van der Waals surface area contributed by atoms with Crippen molar-refractivity contribution in [1.82, 2.24) is 19.4 Å². The normalized spacial score (nSPS) is 15.2. The van der Waals surface area contributed by atoms with E-state index in [0.29, 0.717) is 27.5 Å². The standard InChI is InChI=1S/C24H26Cl2N4O2/c1-29-21(15-28-23(29)22-13-17(24(31)32)4-7-27-22)3-2-8-30-9-5-16(6-10-30)18-11-19(25)14-20(26)12-18/h4,7,11-16H,2-3,5-6,8-10H2,1H3,(H,31,32). The van der Waals surface area contributed by atoms with Gasteiger partial charge < -0.3 is 14.6 Å². The largest absolute Gasteiger partial charge is 0.478 e. The topological polar surface area (TPSA) is 71.2 Å². The number of pyridine rings is 1. The summed E-state index contributed by atoms with van der Waals surface area (Å²) < 4.78 is 2.00. The van der Waals surface area contributed by atoms with E-state index in [9.17, 15) is 9.90 Å². The van der Waals surface area contributed by atoms with Gasteiger partial charge in [0.15, 0.2) is 5.82 Å². The van der Waals surface area contributed by atoms with Gasteiger partial charge in [0.05, 0.1) is 5.56 Å². The molecule has 4 rings (SSSR count). The van der Waals surface area contributed by atoms with Crippen molar-refractivity contribution in [3.05, 3.63) is 69.6 Å². The van der Waals surface area contributed by atoms with Crippen LogP contribution < -0.4 is 0 Å². The Bertz CT molecular complexity index is 1090. The third kappa shape index (κ3) is 5.31. The fourth-order valence-electron chi connectivity index (χ4n) is 4.39. The van der Waals surface area contributed by atoms with Gasteiger partial charge in [0.2, 0.25) is 0 Å². The van der Waals surface area contributed by atoms with Gasteiger partial charge in [-0.15, -0.1) is 0 Å². The van der Waals surface area contributed by atoms with Gasteiger partial charge in [-0.2, -0.15) is 0 Å². The zero-order chi connectivity index (χ0) is 22.7. The van der Waals surface area contributed by atoms with Gasteiger partial charge >= 0.3 is 5.97 Å². The third-order valence-corrected chi connectivity index (χ3v) is 6.61. The van der Waals surface area contributed by atoms with Crippen molar-refractivity contribution in [1.29, 1.82) is 0 Å². The summed E-state index contributed by atoms with van der Waals surface area (Å²) in [6.07, 6.45) is 7.53. The number of aryl methyl sites for hydroxylation is 1. The van der Waals surface area contributed by atoms with Crippen LogP contribution in [0.1, 0.15) is 46.8 Å². The lowest BCUT2D eigenvalue weighted by Crippen LogP contribution is -2.33. The molecular formula is C24H26Cl2N4O2. The molecule has 1 aliphatic heterocycles. The number of carbonyl (C=O) groups is 1. The first-order chi connectivity index (χ1) is 15.4. The summed E-state index contributed by atoms with van der Waals surface area (Å²) in [6.45, 7) is 3.17. The molecule has 168 valence electrons. The lowest BCUT2D eigenvalue weighted by atomic mass is 9.89. The molecule has 1 aliphatic rings. The van der Waals surface area contributed by atoms with Crippen LogP contribution in [0.15, 0.2) is 42.7 Å². The van der Waals surface area contributed by atoms with Crippen LogP contribution in [0.25, 0.3) is 11.5 Å². The number of halogens is 2. The van der Waals surface area contributed by atoms with Crippen LogP contribution in [-0.2, 0) is 13.5 Å². The number of carboxylic acids is 1. The number of rotatable bonds is 7. The maximum absolute atomic E-state index is 11.2. The first-order valence-electron chi connectivity index (χ1n) is 10.8. The molecule has 0 radical (unpaired) electrons. The first-order valence-corrected chi connectivity index (χ1v) is 11.5. The van der Waals surface area contributed by atoms with E-state index in [1.807, 2.05) is 29.9 Å². The Morgan fingerprint density at radius 1 is 1.12 bits per heavy atom. The highest BCUT2D eigenvalue weighted by Crippen LogP contribution is 2.32. The predicted octanol–water partition coefficient (Wildman–Crippen LogP) is 5.30. The summed E-state index contributed by atoms with van der Waals surface area (Å²) >= 11 is 12.3. The van der Waals surface area contributed by atoms with Crippen molar-refractivity contribution in [2.24, 2.45) is 7.05 Å². The van der Waals surface area contributed by atoms with E-state index < -0.39 is 5.97 Å². The van der Waals surface area contributed by atoms with Gasteiger partial charge in [0.1, 0.15) is 5.69 Å². The van der Waals surface area contributed by atoms with E-state index in [0.717, 1.165) is 51.0 Å². The number of piperidine rings is 1. The lowest BCUT2D eigenvalue weighted by molar-refractivity contribution is 0.0697. The van der Waals surface area contributed by atoms with E-state index in [2.05, 4.69) is 14.9 Å². The molecule has 2 aromatic heterocycles. The summed E-state index contributed by atoms with van der Waals surface area (Å²) in [7, 11) is 1.95. The molecule has 6 nitrogen and oxygen atoms in total. The Hall–Kier alpha value is -2.41. The maximum Gasteiger partial charge on any atom is 0.335 e. The molecule has 0 amide bonds. The second-order valence-corrected chi connectivity index (χ2v) is 9.16. The van der Waals surface area contributed by atoms with Crippen molar-refractivity contribution in [3.63, 3.8) is 0 Å². The zero-order valence-electron chi connectivity index (χ0n) is 18.0. The summed E-state index contributed by atoms with van der Waals surface area (Å²) in [5, 5.41) is 10.6. The number of aromatic nitrogens is 3. The van der Waals surface area contributed by atoms with Gasteiger partial charge in [-0.1, -0.05) is 23.2 Å². The van der Waals surface area contributed by atoms with Crippen molar-refractivity contribution in [2.45, 2.75) is 31.6 Å². The number of likely N-dealkylation sites (tertiary alicyclic amines) is 1. The van der Waals surface area contributed by atoms with Crippen LogP contribution >= 0.6 is 23.2 Å². The Morgan fingerprint density at radius 3 is 2.53 bits per heavy atom. The fraction of sp³-hybridized carbons (Fsp3) is 0.375. The second kappa shape index (κ2) is 10.0. The molecule has 0 bridgehead atoms. The molecule has 1 aromatic carbocycles. The van der Waals surface area contributed by atoms with Crippen molar-refractivity contribution < 1.29 is 9.90 Å². The Morgan fingerprint density at radius 2 is 1.84 bits per heavy atom. The van der Waals surface area contributed by atoms with Crippen LogP contribution in [0, 0.1) is 0 Å². The van der Waals surface area contributed by atoms with E-state index >= 15 is 0 Å². The quantitative estimate of drug-likeness (QED) is 0.504. The van der Waals surface area contributed by atoms with Crippen LogP contribution in [0.5, 0.6) is 0 Å². The van der Waals surface area contributed by atoms with E-state index in [-0.39, 0.29) is 5.56 Å². The number of benzene rings is 1. The van der Waals surface area contributed by atoms with Crippen LogP contribution in [0.3, 0.4) is 0 Å². The molecule has 3 aromatic rings. The highest BCUT2D eigenvalue weighted by molar-refractivity contribution is 6.34. The van der Waals surface area contributed by atoms with Gasteiger partial charge in [0, 0.05) is 35.2 Å². The highest BCUT2D eigenvalue weighted by Gasteiger charge is 2.21. The van der Waals surface area contributed by atoms with E-state index in [4.69, 9.17) is 23.2 Å². The number of hydrogen-bond donors (Lipinski definition) is 1. The fourth-order valence-corrected chi connectivity index (χ4v) is 4.93. The summed E-state index contributed by atoms with van der Waals surface area (Å²) in [5.41, 5.74) is 3.14. The predicted molar refractivity (Wildman–Crippen MR) is 127 cm³/mol. The number of imidazole rings is 1. The molecule has 0 saturated carbocycles.